The second kappa shape index (κ2) is 4.39. The van der Waals surface area contributed by atoms with Gasteiger partial charge in [-0.1, -0.05) is 0 Å². The van der Waals surface area contributed by atoms with Crippen molar-refractivity contribution in [1.29, 1.82) is 0 Å². The van der Waals surface area contributed by atoms with Crippen LogP contribution in [0.1, 0.15) is 13.8 Å². The van der Waals surface area contributed by atoms with E-state index in [1.807, 2.05) is 0 Å². The van der Waals surface area contributed by atoms with Gasteiger partial charge in [-0.3, -0.25) is 0 Å². The molecule has 0 aliphatic heterocycles. The largest absolute Gasteiger partial charge is 0.464 e. The van der Waals surface area contributed by atoms with Crippen LogP contribution in [0.3, 0.4) is 0 Å². The molecule has 0 spiro atoms. The molecule has 0 heterocycles. The van der Waals surface area contributed by atoms with Gasteiger partial charge in [0.15, 0.2) is 5.60 Å². The van der Waals surface area contributed by atoms with E-state index in [0.717, 1.165) is 6.92 Å². The molecule has 0 amide bonds. The highest BCUT2D eigenvalue weighted by Gasteiger charge is 2.39. The maximum atomic E-state index is 10.9. The zero-order valence-corrected chi connectivity index (χ0v) is 7.15. The number of ether oxygens (including phenoxy) is 1. The van der Waals surface area contributed by atoms with Gasteiger partial charge in [-0.05, 0) is 13.8 Å². The second-order valence-corrected chi connectivity index (χ2v) is 2.57. The fourth-order valence-corrected chi connectivity index (χ4v) is 0.591. The van der Waals surface area contributed by atoms with Crippen LogP contribution in [0.5, 0.6) is 0 Å². The molecular formula is C7H14O5. The summed E-state index contributed by atoms with van der Waals surface area (Å²) >= 11 is 0. The molecule has 0 aliphatic carbocycles. The third-order valence-corrected chi connectivity index (χ3v) is 1.51. The van der Waals surface area contributed by atoms with Crippen molar-refractivity contribution in [3.8, 4) is 0 Å². The zero-order valence-electron chi connectivity index (χ0n) is 7.15. The first-order chi connectivity index (χ1) is 5.46. The normalized spacial score (nSPS) is 18.1. The van der Waals surface area contributed by atoms with Gasteiger partial charge in [0.2, 0.25) is 0 Å². The van der Waals surface area contributed by atoms with E-state index in [1.54, 1.807) is 6.92 Å². The Hall–Kier alpha value is -0.650. The minimum absolute atomic E-state index is 0.118. The van der Waals surface area contributed by atoms with Crippen LogP contribution in [0.4, 0.5) is 0 Å². The third-order valence-electron chi connectivity index (χ3n) is 1.51. The molecule has 5 heteroatoms. The highest BCUT2D eigenvalue weighted by Crippen LogP contribution is 2.11. The van der Waals surface area contributed by atoms with Crippen molar-refractivity contribution in [2.24, 2.45) is 0 Å². The Morgan fingerprint density at radius 1 is 1.67 bits per heavy atom. The van der Waals surface area contributed by atoms with Gasteiger partial charge in [-0.15, -0.1) is 0 Å². The number of hydrogen-bond donors (Lipinski definition) is 3. The zero-order chi connectivity index (χ0) is 9.78. The van der Waals surface area contributed by atoms with Crippen molar-refractivity contribution in [3.63, 3.8) is 0 Å². The van der Waals surface area contributed by atoms with Gasteiger partial charge >= 0.3 is 5.97 Å². The summed E-state index contributed by atoms with van der Waals surface area (Å²) in [7, 11) is 0. The lowest BCUT2D eigenvalue weighted by Crippen LogP contribution is -2.49. The first-order valence-electron chi connectivity index (χ1n) is 3.65. The van der Waals surface area contributed by atoms with E-state index in [2.05, 4.69) is 4.74 Å². The molecule has 0 radical (unpaired) electrons. The first-order valence-corrected chi connectivity index (χ1v) is 3.65. The topological polar surface area (TPSA) is 87.0 Å². The van der Waals surface area contributed by atoms with Crippen molar-refractivity contribution >= 4 is 5.97 Å². The van der Waals surface area contributed by atoms with Crippen molar-refractivity contribution < 1.29 is 24.9 Å². The molecule has 0 aromatic carbocycles. The third kappa shape index (κ3) is 2.44. The summed E-state index contributed by atoms with van der Waals surface area (Å²) in [6, 6.07) is 0. The average Bonchev–Trinajstić information content (AvgIpc) is 2.03. The predicted octanol–water partition coefficient (Wildman–Crippen LogP) is -1.35. The Bertz CT molecular complexity index is 154. The lowest BCUT2D eigenvalue weighted by atomic mass is 10.0. The SMILES string of the molecule is CCOC(=O)C(C)(O)C(O)CO. The molecule has 0 aromatic rings. The van der Waals surface area contributed by atoms with Gasteiger partial charge in [-0.2, -0.15) is 0 Å². The smallest absolute Gasteiger partial charge is 0.340 e. The fraction of sp³-hybridized carbons (Fsp3) is 0.857. The van der Waals surface area contributed by atoms with Crippen LogP contribution in [0.25, 0.3) is 0 Å². The van der Waals surface area contributed by atoms with Crippen molar-refractivity contribution in [2.75, 3.05) is 13.2 Å². The molecule has 0 saturated carbocycles. The molecule has 0 aromatic heterocycles. The molecule has 0 bridgehead atoms. The quantitative estimate of drug-likeness (QED) is 0.463. The van der Waals surface area contributed by atoms with Crippen LogP contribution < -0.4 is 0 Å². The van der Waals surface area contributed by atoms with Gasteiger partial charge in [0.1, 0.15) is 6.10 Å². The Morgan fingerprint density at radius 2 is 2.17 bits per heavy atom. The average molecular weight is 178 g/mol. The van der Waals surface area contributed by atoms with Gasteiger partial charge < -0.3 is 20.1 Å². The van der Waals surface area contributed by atoms with Crippen LogP contribution in [0.15, 0.2) is 0 Å². The van der Waals surface area contributed by atoms with E-state index >= 15 is 0 Å². The summed E-state index contributed by atoms with van der Waals surface area (Å²) in [6.07, 6.45) is -1.52. The lowest BCUT2D eigenvalue weighted by Gasteiger charge is -2.24. The van der Waals surface area contributed by atoms with Gasteiger partial charge in [0, 0.05) is 0 Å². The van der Waals surface area contributed by atoms with E-state index < -0.39 is 24.3 Å². The molecular weight excluding hydrogens is 164 g/mol. The maximum absolute atomic E-state index is 10.9. The second-order valence-electron chi connectivity index (χ2n) is 2.57. The van der Waals surface area contributed by atoms with Crippen LogP contribution in [0, 0.1) is 0 Å². The van der Waals surface area contributed by atoms with E-state index in [4.69, 9.17) is 10.2 Å². The number of carbonyl (C=O) groups is 1. The lowest BCUT2D eigenvalue weighted by molar-refractivity contribution is -0.177. The molecule has 12 heavy (non-hydrogen) atoms. The van der Waals surface area contributed by atoms with Crippen LogP contribution in [-0.4, -0.2) is 46.2 Å². The van der Waals surface area contributed by atoms with Crippen LogP contribution >= 0.6 is 0 Å². The maximum Gasteiger partial charge on any atom is 0.340 e. The summed E-state index contributed by atoms with van der Waals surface area (Å²) < 4.78 is 4.47. The molecule has 72 valence electrons. The number of carbonyl (C=O) groups excluding carboxylic acids is 1. The Morgan fingerprint density at radius 3 is 2.50 bits per heavy atom. The Kier molecular flexibility index (Phi) is 4.16. The van der Waals surface area contributed by atoms with E-state index in [1.165, 1.54) is 0 Å². The van der Waals surface area contributed by atoms with Crippen molar-refractivity contribution in [3.05, 3.63) is 0 Å². The van der Waals surface area contributed by atoms with Gasteiger partial charge in [0.05, 0.1) is 13.2 Å². The summed E-state index contributed by atoms with van der Waals surface area (Å²) in [5, 5.41) is 26.7. The van der Waals surface area contributed by atoms with Crippen LogP contribution in [0.2, 0.25) is 0 Å². The highest BCUT2D eigenvalue weighted by molar-refractivity contribution is 5.79. The number of rotatable bonds is 4. The molecule has 2 atom stereocenters. The molecule has 5 nitrogen and oxygen atoms in total. The van der Waals surface area contributed by atoms with Gasteiger partial charge in [0.25, 0.3) is 0 Å². The number of aliphatic hydroxyl groups excluding tert-OH is 2. The van der Waals surface area contributed by atoms with Crippen molar-refractivity contribution in [1.82, 2.24) is 0 Å². The predicted molar refractivity (Wildman–Crippen MR) is 40.3 cm³/mol. The summed E-state index contributed by atoms with van der Waals surface area (Å²) in [5.74, 6) is -0.938. The Labute approximate surface area is 70.6 Å². The summed E-state index contributed by atoms with van der Waals surface area (Å²) in [5.41, 5.74) is -2.04. The molecule has 2 unspecified atom stereocenters. The van der Waals surface area contributed by atoms with Gasteiger partial charge in [-0.25, -0.2) is 4.79 Å². The standard InChI is InChI=1S/C7H14O5/c1-3-12-6(10)7(2,11)5(9)4-8/h5,8-9,11H,3-4H2,1-2H3. The minimum Gasteiger partial charge on any atom is -0.464 e. The molecule has 0 saturated heterocycles. The monoisotopic (exact) mass is 178 g/mol. The summed E-state index contributed by atoms with van der Waals surface area (Å²) in [6.45, 7) is 2.10. The molecule has 0 fully saturated rings. The molecule has 3 N–H and O–H groups in total. The molecule has 0 aliphatic rings. The number of esters is 1. The highest BCUT2D eigenvalue weighted by atomic mass is 16.6. The summed E-state index contributed by atoms with van der Waals surface area (Å²) in [4.78, 5) is 10.9. The minimum atomic E-state index is -2.04. The van der Waals surface area contributed by atoms with Crippen LogP contribution in [-0.2, 0) is 9.53 Å². The van der Waals surface area contributed by atoms with Crippen molar-refractivity contribution in [2.45, 2.75) is 25.6 Å². The molecule has 0 rings (SSSR count). The number of hydrogen-bond acceptors (Lipinski definition) is 5. The first kappa shape index (κ1) is 11.4. The number of aliphatic hydroxyl groups is 3. The Balaban J connectivity index is 4.27. The fourth-order valence-electron chi connectivity index (χ4n) is 0.591. The van der Waals surface area contributed by atoms with E-state index in [9.17, 15) is 9.90 Å². The van der Waals surface area contributed by atoms with E-state index in [-0.39, 0.29) is 6.61 Å². The van der Waals surface area contributed by atoms with E-state index in [0.29, 0.717) is 0 Å².